The minimum absolute atomic E-state index is 0.133. The maximum atomic E-state index is 13.2. The summed E-state index contributed by atoms with van der Waals surface area (Å²) in [7, 11) is 0. The smallest absolute Gasteiger partial charge is 0.196 e. The highest BCUT2D eigenvalue weighted by atomic mass is 35.5. The fourth-order valence-electron chi connectivity index (χ4n) is 3.13. The maximum absolute atomic E-state index is 13.2. The van der Waals surface area contributed by atoms with Gasteiger partial charge in [0, 0.05) is 40.0 Å². The molecule has 148 valence electrons. The minimum Gasteiger partial charge on any atom is -0.464 e. The first-order valence-corrected chi connectivity index (χ1v) is 9.80. The summed E-state index contributed by atoms with van der Waals surface area (Å²) < 4.78 is 5.61. The quantitative estimate of drug-likeness (QED) is 0.316. The molecular formula is C25H18ClNO3. The Morgan fingerprint density at radius 1 is 0.933 bits per heavy atom. The average molecular weight is 416 g/mol. The second kappa shape index (κ2) is 8.80. The lowest BCUT2D eigenvalue weighted by atomic mass is 9.98. The summed E-state index contributed by atoms with van der Waals surface area (Å²) in [6.07, 6.45) is 3.20. The highest BCUT2D eigenvalue weighted by molar-refractivity contribution is 6.30. The molecule has 0 radical (unpaired) electrons. The Bertz CT molecular complexity index is 1280. The van der Waals surface area contributed by atoms with Gasteiger partial charge in [0.25, 0.3) is 0 Å². The van der Waals surface area contributed by atoms with Crippen LogP contribution < -0.4 is 10.7 Å². The van der Waals surface area contributed by atoms with Crippen molar-refractivity contribution >= 4 is 34.0 Å². The Morgan fingerprint density at radius 2 is 1.63 bits per heavy atom. The fraction of sp³-hybridized carbons (Fsp3) is 0.0400. The summed E-state index contributed by atoms with van der Waals surface area (Å²) in [4.78, 5) is 26.1. The molecule has 0 spiro atoms. The van der Waals surface area contributed by atoms with Crippen LogP contribution in [-0.4, -0.2) is 5.78 Å². The van der Waals surface area contributed by atoms with Crippen LogP contribution in [0.25, 0.3) is 11.0 Å². The van der Waals surface area contributed by atoms with Gasteiger partial charge in [0.1, 0.15) is 5.58 Å². The van der Waals surface area contributed by atoms with E-state index in [1.54, 1.807) is 48.7 Å². The normalized spacial score (nSPS) is 11.4. The number of Topliss-reactive ketones (excluding diaryl/α,β-unsaturated/α-hetero) is 1. The summed E-state index contributed by atoms with van der Waals surface area (Å²) in [5, 5.41) is 4.18. The molecule has 0 atom stereocenters. The fourth-order valence-corrected chi connectivity index (χ4v) is 3.26. The molecule has 4 aromatic rings. The van der Waals surface area contributed by atoms with Gasteiger partial charge in [-0.1, -0.05) is 41.9 Å². The number of halogens is 1. The number of benzene rings is 3. The molecule has 0 amide bonds. The number of fused-ring (bicyclic) bond motifs is 1. The van der Waals surface area contributed by atoms with Gasteiger partial charge >= 0.3 is 0 Å². The molecule has 30 heavy (non-hydrogen) atoms. The number of para-hydroxylation sites is 2. The van der Waals surface area contributed by atoms with Crippen LogP contribution in [0.1, 0.15) is 15.9 Å². The van der Waals surface area contributed by atoms with E-state index in [2.05, 4.69) is 5.32 Å². The lowest BCUT2D eigenvalue weighted by Crippen LogP contribution is -2.14. The number of ketones is 1. The van der Waals surface area contributed by atoms with Gasteiger partial charge in [0.15, 0.2) is 11.2 Å². The molecule has 4 nitrogen and oxygen atoms in total. The standard InChI is InChI=1S/C25H18ClNO3/c26-20-12-10-17(11-13-20)24(28)18(15-27-21-6-2-1-3-7-21)14-19-16-30-23-9-5-4-8-22(23)25(19)29/h1-13,15-16,27H,14H2/b18-15+. The van der Waals surface area contributed by atoms with Gasteiger partial charge in [0.05, 0.1) is 11.6 Å². The molecule has 0 aliphatic heterocycles. The lowest BCUT2D eigenvalue weighted by Gasteiger charge is -2.09. The van der Waals surface area contributed by atoms with Gasteiger partial charge in [0.2, 0.25) is 0 Å². The van der Waals surface area contributed by atoms with E-state index >= 15 is 0 Å². The van der Waals surface area contributed by atoms with Gasteiger partial charge in [-0.05, 0) is 48.5 Å². The molecular weight excluding hydrogens is 398 g/mol. The first-order chi connectivity index (χ1) is 14.6. The second-order valence-corrected chi connectivity index (χ2v) is 7.22. The first kappa shape index (κ1) is 19.7. The zero-order chi connectivity index (χ0) is 20.9. The van der Waals surface area contributed by atoms with Crippen LogP contribution in [0.15, 0.2) is 106 Å². The summed E-state index contributed by atoms with van der Waals surface area (Å²) in [5.74, 6) is -0.192. The molecule has 3 aromatic carbocycles. The Labute approximate surface area is 178 Å². The van der Waals surface area contributed by atoms with E-state index in [1.807, 2.05) is 36.4 Å². The second-order valence-electron chi connectivity index (χ2n) is 6.78. The number of anilines is 1. The van der Waals surface area contributed by atoms with E-state index in [0.717, 1.165) is 5.69 Å². The van der Waals surface area contributed by atoms with Crippen molar-refractivity contribution in [3.8, 4) is 0 Å². The Hall–Kier alpha value is -3.63. The van der Waals surface area contributed by atoms with Crippen molar-refractivity contribution in [3.05, 3.63) is 123 Å². The molecule has 5 heteroatoms. The van der Waals surface area contributed by atoms with Crippen molar-refractivity contribution in [2.45, 2.75) is 6.42 Å². The topological polar surface area (TPSA) is 59.3 Å². The molecule has 1 heterocycles. The van der Waals surface area contributed by atoms with Crippen LogP contribution in [0.2, 0.25) is 5.02 Å². The number of hydrogen-bond donors (Lipinski definition) is 1. The molecule has 4 rings (SSSR count). The van der Waals surface area contributed by atoms with Crippen molar-refractivity contribution in [2.75, 3.05) is 5.32 Å². The Kier molecular flexibility index (Phi) is 5.77. The maximum Gasteiger partial charge on any atom is 0.196 e. The Balaban J connectivity index is 1.71. The third-order valence-corrected chi connectivity index (χ3v) is 4.97. The van der Waals surface area contributed by atoms with Crippen molar-refractivity contribution in [1.29, 1.82) is 0 Å². The Morgan fingerprint density at radius 3 is 2.40 bits per heavy atom. The van der Waals surface area contributed by atoms with Crippen LogP contribution in [-0.2, 0) is 6.42 Å². The van der Waals surface area contributed by atoms with Crippen LogP contribution >= 0.6 is 11.6 Å². The molecule has 0 fully saturated rings. The van der Waals surface area contributed by atoms with Gasteiger partial charge in [-0.15, -0.1) is 0 Å². The molecule has 0 saturated carbocycles. The minimum atomic E-state index is -0.192. The number of hydrogen-bond acceptors (Lipinski definition) is 4. The van der Waals surface area contributed by atoms with Gasteiger partial charge in [-0.3, -0.25) is 9.59 Å². The number of rotatable bonds is 6. The molecule has 0 aliphatic rings. The van der Waals surface area contributed by atoms with Crippen LogP contribution in [0, 0.1) is 0 Å². The number of carbonyl (C=O) groups excluding carboxylic acids is 1. The third-order valence-electron chi connectivity index (χ3n) is 4.72. The van der Waals surface area contributed by atoms with E-state index in [9.17, 15) is 9.59 Å². The van der Waals surface area contributed by atoms with Crippen molar-refractivity contribution in [3.63, 3.8) is 0 Å². The molecule has 0 aliphatic carbocycles. The van der Waals surface area contributed by atoms with Gasteiger partial charge in [-0.25, -0.2) is 0 Å². The van der Waals surface area contributed by atoms with Gasteiger partial charge < -0.3 is 9.73 Å². The van der Waals surface area contributed by atoms with Crippen LogP contribution in [0.5, 0.6) is 0 Å². The average Bonchev–Trinajstić information content (AvgIpc) is 2.79. The van der Waals surface area contributed by atoms with Crippen molar-refractivity contribution < 1.29 is 9.21 Å². The number of nitrogens with one attached hydrogen (secondary N) is 1. The van der Waals surface area contributed by atoms with E-state index in [0.29, 0.717) is 32.7 Å². The van der Waals surface area contributed by atoms with E-state index < -0.39 is 0 Å². The van der Waals surface area contributed by atoms with E-state index in [1.165, 1.54) is 6.26 Å². The van der Waals surface area contributed by atoms with E-state index in [4.69, 9.17) is 16.0 Å². The lowest BCUT2D eigenvalue weighted by molar-refractivity contribution is 0.103. The molecule has 0 unspecified atom stereocenters. The zero-order valence-corrected chi connectivity index (χ0v) is 16.7. The van der Waals surface area contributed by atoms with E-state index in [-0.39, 0.29) is 17.6 Å². The SMILES string of the molecule is O=C(/C(=C/Nc1ccccc1)Cc1coc2ccccc2c1=O)c1ccc(Cl)cc1. The van der Waals surface area contributed by atoms with Crippen molar-refractivity contribution in [1.82, 2.24) is 0 Å². The van der Waals surface area contributed by atoms with Crippen molar-refractivity contribution in [2.24, 2.45) is 0 Å². The molecule has 0 bridgehead atoms. The summed E-state index contributed by atoms with van der Waals surface area (Å²) in [6.45, 7) is 0. The first-order valence-electron chi connectivity index (χ1n) is 9.42. The highest BCUT2D eigenvalue weighted by Crippen LogP contribution is 2.18. The summed E-state index contributed by atoms with van der Waals surface area (Å²) in [6, 6.07) is 23.2. The number of allylic oxidation sites excluding steroid dienone is 1. The monoisotopic (exact) mass is 415 g/mol. The van der Waals surface area contributed by atoms with Crippen LogP contribution in [0.4, 0.5) is 5.69 Å². The molecule has 0 saturated heterocycles. The van der Waals surface area contributed by atoms with Crippen LogP contribution in [0.3, 0.4) is 0 Å². The molecule has 1 N–H and O–H groups in total. The predicted molar refractivity (Wildman–Crippen MR) is 120 cm³/mol. The van der Waals surface area contributed by atoms with Gasteiger partial charge in [-0.2, -0.15) is 0 Å². The zero-order valence-electron chi connectivity index (χ0n) is 16.0. The third kappa shape index (κ3) is 4.34. The summed E-state index contributed by atoms with van der Waals surface area (Å²) >= 11 is 5.95. The summed E-state index contributed by atoms with van der Waals surface area (Å²) in [5.41, 5.74) is 2.55. The predicted octanol–water partition coefficient (Wildman–Crippen LogP) is 5.87. The number of carbonyl (C=O) groups is 1. The molecule has 1 aromatic heterocycles. The highest BCUT2D eigenvalue weighted by Gasteiger charge is 2.16. The largest absolute Gasteiger partial charge is 0.464 e.